The summed E-state index contributed by atoms with van der Waals surface area (Å²) in [5, 5.41) is 10.6. The number of alkyl carbamates (subject to hydrolysis) is 1. The average Bonchev–Trinajstić information content (AvgIpc) is 3.40. The maximum atomic E-state index is 14.7. The van der Waals surface area contributed by atoms with E-state index in [0.717, 1.165) is 5.56 Å². The molecule has 0 aliphatic carbocycles. The summed E-state index contributed by atoms with van der Waals surface area (Å²) < 4.78 is 25.0. The summed E-state index contributed by atoms with van der Waals surface area (Å²) in [5.41, 5.74) is 1.03. The van der Waals surface area contributed by atoms with Gasteiger partial charge in [0.25, 0.3) is 0 Å². The molecule has 0 unspecified atom stereocenters. The second-order valence-corrected chi connectivity index (χ2v) is 12.2. The van der Waals surface area contributed by atoms with Crippen LogP contribution < -0.4 is 26.2 Å². The zero-order chi connectivity index (χ0) is 35.4. The largest absolute Gasteiger partial charge is 0.444 e. The van der Waals surface area contributed by atoms with E-state index in [1.165, 1.54) is 28.9 Å². The van der Waals surface area contributed by atoms with E-state index < -0.39 is 29.7 Å². The number of hydrogen-bond acceptors (Lipinski definition) is 9. The van der Waals surface area contributed by atoms with Gasteiger partial charge in [-0.15, -0.1) is 0 Å². The van der Waals surface area contributed by atoms with Gasteiger partial charge in [0.1, 0.15) is 24.1 Å². The fourth-order valence-electron chi connectivity index (χ4n) is 4.53. The molecule has 0 saturated carbocycles. The Morgan fingerprint density at radius 3 is 2.35 bits per heavy atom. The van der Waals surface area contributed by atoms with Gasteiger partial charge in [0.15, 0.2) is 5.78 Å². The van der Waals surface area contributed by atoms with Crippen LogP contribution in [0.2, 0.25) is 0 Å². The minimum Gasteiger partial charge on any atom is -0.444 e. The number of hydrogen-bond donors (Lipinski definition) is 4. The van der Waals surface area contributed by atoms with Crippen LogP contribution in [0.3, 0.4) is 0 Å². The first-order valence-corrected chi connectivity index (χ1v) is 15.5. The Hall–Kier alpha value is -5.21. The number of halogens is 1. The molecule has 3 rings (SSSR count). The molecule has 0 aromatic heterocycles. The van der Waals surface area contributed by atoms with E-state index in [4.69, 9.17) is 9.47 Å². The molecule has 0 radical (unpaired) electrons. The van der Waals surface area contributed by atoms with E-state index in [2.05, 4.69) is 21.3 Å². The Morgan fingerprint density at radius 1 is 1.00 bits per heavy atom. The number of rotatable bonds is 15. The van der Waals surface area contributed by atoms with Crippen LogP contribution >= 0.6 is 0 Å². The molecule has 15 heteroatoms. The minimum atomic E-state index is -0.680. The zero-order valence-corrected chi connectivity index (χ0v) is 27.8. The Balaban J connectivity index is 1.34. The molecule has 48 heavy (non-hydrogen) atoms. The second kappa shape index (κ2) is 17.1. The third kappa shape index (κ3) is 12.2. The van der Waals surface area contributed by atoms with Crippen LogP contribution in [0.15, 0.2) is 42.5 Å². The number of likely N-dealkylation sites (N-methyl/N-ethyl adjacent to an activating group) is 1. The first-order valence-electron chi connectivity index (χ1n) is 15.5. The van der Waals surface area contributed by atoms with Crippen LogP contribution in [0.1, 0.15) is 56.5 Å². The standard InChI is InChI=1S/C33H43FN6O8/c1-21(41)37-17-25-20-40(32(46)47-25)24-10-11-27(26(34)16-24)35-14-15-36-29(43)13-12-28(42)23-8-6-22(7-9-23)19-39(5)30(44)18-38-31(45)48-33(2,3)4/h6-11,16,25,35H,12-15,17-20H2,1-5H3,(H,36,43)(H,37,41)(H,38,45)/t25-/m0/s1. The van der Waals surface area contributed by atoms with Crippen molar-refractivity contribution in [1.29, 1.82) is 0 Å². The number of carbonyl (C=O) groups excluding carboxylic acids is 6. The first kappa shape index (κ1) is 37.2. The summed E-state index contributed by atoms with van der Waals surface area (Å²) in [4.78, 5) is 75.0. The third-order valence-corrected chi connectivity index (χ3v) is 6.96. The third-order valence-electron chi connectivity index (χ3n) is 6.96. The maximum absolute atomic E-state index is 14.7. The Labute approximate surface area is 278 Å². The van der Waals surface area contributed by atoms with Crippen molar-refractivity contribution in [2.75, 3.05) is 50.0 Å². The summed E-state index contributed by atoms with van der Waals surface area (Å²) in [6.07, 6.45) is -1.89. The second-order valence-electron chi connectivity index (χ2n) is 12.2. The molecule has 0 bridgehead atoms. The van der Waals surface area contributed by atoms with Crippen molar-refractivity contribution in [3.05, 3.63) is 59.4 Å². The van der Waals surface area contributed by atoms with E-state index in [1.807, 2.05) is 0 Å². The number of benzene rings is 2. The monoisotopic (exact) mass is 670 g/mol. The van der Waals surface area contributed by atoms with E-state index >= 15 is 0 Å². The number of nitrogens with zero attached hydrogens (tertiary/aromatic N) is 2. The number of amides is 5. The molecule has 1 aliphatic rings. The highest BCUT2D eigenvalue weighted by molar-refractivity contribution is 5.98. The van der Waals surface area contributed by atoms with E-state index in [0.29, 0.717) is 11.3 Å². The van der Waals surface area contributed by atoms with Crippen molar-refractivity contribution in [3.8, 4) is 0 Å². The van der Waals surface area contributed by atoms with Gasteiger partial charge < -0.3 is 35.6 Å². The van der Waals surface area contributed by atoms with Gasteiger partial charge in [0.2, 0.25) is 17.7 Å². The van der Waals surface area contributed by atoms with Gasteiger partial charge in [0.05, 0.1) is 24.5 Å². The highest BCUT2D eigenvalue weighted by atomic mass is 19.1. The van der Waals surface area contributed by atoms with Crippen molar-refractivity contribution in [3.63, 3.8) is 0 Å². The summed E-state index contributed by atoms with van der Waals surface area (Å²) in [6.45, 7) is 7.32. The predicted molar refractivity (Wildman–Crippen MR) is 175 cm³/mol. The smallest absolute Gasteiger partial charge is 0.414 e. The molecule has 0 spiro atoms. The van der Waals surface area contributed by atoms with Gasteiger partial charge in [-0.3, -0.25) is 24.1 Å². The van der Waals surface area contributed by atoms with Crippen molar-refractivity contribution in [1.82, 2.24) is 20.9 Å². The van der Waals surface area contributed by atoms with Crippen molar-refractivity contribution >= 4 is 47.1 Å². The van der Waals surface area contributed by atoms with Crippen LogP contribution in [-0.4, -0.2) is 92.1 Å². The van der Waals surface area contributed by atoms with Crippen LogP contribution in [0.5, 0.6) is 0 Å². The van der Waals surface area contributed by atoms with Crippen LogP contribution in [0.4, 0.5) is 25.4 Å². The molecule has 1 saturated heterocycles. The Bertz CT molecular complexity index is 1490. The first-order chi connectivity index (χ1) is 22.6. The Morgan fingerprint density at radius 2 is 1.71 bits per heavy atom. The normalized spacial score (nSPS) is 14.1. The van der Waals surface area contributed by atoms with Crippen LogP contribution in [0.25, 0.3) is 0 Å². The molecule has 1 atom stereocenters. The van der Waals surface area contributed by atoms with Gasteiger partial charge in [0, 0.05) is 52.0 Å². The number of ether oxygens (including phenoxy) is 2. The van der Waals surface area contributed by atoms with E-state index in [9.17, 15) is 33.2 Å². The van der Waals surface area contributed by atoms with Gasteiger partial charge in [-0.2, -0.15) is 0 Å². The molecule has 260 valence electrons. The van der Waals surface area contributed by atoms with Crippen molar-refractivity contribution in [2.24, 2.45) is 0 Å². The number of anilines is 2. The van der Waals surface area contributed by atoms with E-state index in [1.54, 1.807) is 58.2 Å². The van der Waals surface area contributed by atoms with Crippen molar-refractivity contribution in [2.45, 2.75) is 58.8 Å². The fraction of sp³-hybridized carbons (Fsp3) is 0.455. The molecular weight excluding hydrogens is 627 g/mol. The van der Waals surface area contributed by atoms with Crippen LogP contribution in [0, 0.1) is 5.82 Å². The SMILES string of the molecule is CC(=O)NC[C@H]1CN(c2ccc(NCCNC(=O)CCC(=O)c3ccc(CN(C)C(=O)CNC(=O)OC(C)(C)C)cc3)c(F)c2)C(=O)O1. The summed E-state index contributed by atoms with van der Waals surface area (Å²) in [6, 6.07) is 10.9. The predicted octanol–water partition coefficient (Wildman–Crippen LogP) is 2.96. The number of ketones is 1. The van der Waals surface area contributed by atoms with Crippen molar-refractivity contribution < 1.29 is 42.6 Å². The molecule has 1 heterocycles. The molecule has 2 aromatic rings. The number of nitrogens with one attached hydrogen (secondary N) is 4. The quantitative estimate of drug-likeness (QED) is 0.164. The lowest BCUT2D eigenvalue weighted by Crippen LogP contribution is -2.40. The van der Waals surface area contributed by atoms with Crippen LogP contribution in [-0.2, 0) is 30.4 Å². The molecule has 1 fully saturated rings. The molecule has 5 amide bonds. The highest BCUT2D eigenvalue weighted by Gasteiger charge is 2.32. The topological polar surface area (TPSA) is 175 Å². The summed E-state index contributed by atoms with van der Waals surface area (Å²) >= 11 is 0. The summed E-state index contributed by atoms with van der Waals surface area (Å²) in [7, 11) is 1.60. The summed E-state index contributed by atoms with van der Waals surface area (Å²) in [5.74, 6) is -1.71. The zero-order valence-electron chi connectivity index (χ0n) is 27.8. The number of Topliss-reactive ketones (excluding diaryl/α,β-unsaturated/α-hetero) is 1. The number of cyclic esters (lactones) is 1. The molecule has 4 N–H and O–H groups in total. The molecule has 1 aliphatic heterocycles. The molecule has 2 aromatic carbocycles. The fourth-order valence-corrected chi connectivity index (χ4v) is 4.53. The van der Waals surface area contributed by atoms with Gasteiger partial charge >= 0.3 is 12.2 Å². The lowest BCUT2D eigenvalue weighted by Gasteiger charge is -2.21. The molecular formula is C33H43FN6O8. The minimum absolute atomic E-state index is 0.00592. The van der Waals surface area contributed by atoms with Gasteiger partial charge in [-0.05, 0) is 44.5 Å². The lowest BCUT2D eigenvalue weighted by atomic mass is 10.0. The average molecular weight is 671 g/mol. The Kier molecular flexibility index (Phi) is 13.3. The lowest BCUT2D eigenvalue weighted by molar-refractivity contribution is -0.129. The van der Waals surface area contributed by atoms with Gasteiger partial charge in [-0.25, -0.2) is 14.0 Å². The number of carbonyl (C=O) groups is 6. The maximum Gasteiger partial charge on any atom is 0.414 e. The van der Waals surface area contributed by atoms with Gasteiger partial charge in [-0.1, -0.05) is 24.3 Å². The highest BCUT2D eigenvalue weighted by Crippen LogP contribution is 2.26. The molecule has 14 nitrogen and oxygen atoms in total. The van der Waals surface area contributed by atoms with E-state index in [-0.39, 0.29) is 81.3 Å².